The van der Waals surface area contributed by atoms with Crippen LogP contribution in [0.4, 0.5) is 23.2 Å². The van der Waals surface area contributed by atoms with Crippen molar-refractivity contribution in [2.75, 3.05) is 0 Å². The molecular weight excluding hydrogens is 612 g/mol. The fourth-order valence-corrected chi connectivity index (χ4v) is 6.21. The van der Waals surface area contributed by atoms with Crippen molar-refractivity contribution in [1.82, 2.24) is 15.0 Å². The zero-order valence-electron chi connectivity index (χ0n) is 24.8. The second kappa shape index (κ2) is 11.4. The Morgan fingerprint density at radius 3 is 1.52 bits per heavy atom. The highest BCUT2D eigenvalue weighted by Gasteiger charge is 2.30. The number of rotatable bonds is 4. The summed E-state index contributed by atoms with van der Waals surface area (Å²) in [5.41, 5.74) is 2.24. The van der Waals surface area contributed by atoms with E-state index in [1.165, 1.54) is 6.07 Å². The molecular formula is C40H20F4N4. The minimum Gasteiger partial charge on any atom is -0.247 e. The maximum absolute atomic E-state index is 16.0. The third kappa shape index (κ3) is 4.48. The lowest BCUT2D eigenvalue weighted by Crippen LogP contribution is -2.03. The van der Waals surface area contributed by atoms with Gasteiger partial charge < -0.3 is 0 Å². The molecule has 0 fully saturated rings. The molecule has 8 aromatic rings. The number of nitrogens with zero attached hydrogens (tertiary/aromatic N) is 4. The molecule has 48 heavy (non-hydrogen) atoms. The third-order valence-electron chi connectivity index (χ3n) is 8.37. The van der Waals surface area contributed by atoms with Gasteiger partial charge in [-0.05, 0) is 17.7 Å². The van der Waals surface area contributed by atoms with Crippen LogP contribution in [0.15, 0.2) is 121 Å². The highest BCUT2D eigenvalue weighted by molar-refractivity contribution is 6.25. The van der Waals surface area contributed by atoms with Crippen molar-refractivity contribution in [3.05, 3.63) is 156 Å². The van der Waals surface area contributed by atoms with Gasteiger partial charge in [0.25, 0.3) is 5.69 Å². The molecule has 0 saturated carbocycles. The topological polar surface area (TPSA) is 43.0 Å². The monoisotopic (exact) mass is 632 g/mol. The second-order valence-corrected chi connectivity index (χ2v) is 11.1. The average molecular weight is 633 g/mol. The first kappa shape index (κ1) is 29.0. The van der Waals surface area contributed by atoms with E-state index in [1.807, 2.05) is 84.9 Å². The second-order valence-electron chi connectivity index (χ2n) is 11.1. The highest BCUT2D eigenvalue weighted by Crippen LogP contribution is 2.46. The van der Waals surface area contributed by atoms with Gasteiger partial charge in [0.05, 0.1) is 45.8 Å². The lowest BCUT2D eigenvalue weighted by atomic mass is 9.90. The van der Waals surface area contributed by atoms with Crippen LogP contribution < -0.4 is 0 Å². The quantitative estimate of drug-likeness (QED) is 0.0839. The Kier molecular flexibility index (Phi) is 6.89. The van der Waals surface area contributed by atoms with E-state index < -0.39 is 34.5 Å². The van der Waals surface area contributed by atoms with Crippen molar-refractivity contribution in [3.8, 4) is 44.9 Å². The van der Waals surface area contributed by atoms with Crippen molar-refractivity contribution < 1.29 is 17.6 Å². The number of fused-ring (bicyclic) bond motifs is 5. The summed E-state index contributed by atoms with van der Waals surface area (Å²) < 4.78 is 62.5. The normalized spacial score (nSPS) is 11.3. The van der Waals surface area contributed by atoms with E-state index in [2.05, 4.69) is 4.85 Å². The molecule has 0 aliphatic carbocycles. The van der Waals surface area contributed by atoms with E-state index >= 15 is 17.6 Å². The van der Waals surface area contributed by atoms with Gasteiger partial charge in [0.2, 0.25) is 0 Å². The summed E-state index contributed by atoms with van der Waals surface area (Å²) in [4.78, 5) is 17.9. The molecule has 0 radical (unpaired) electrons. The number of halogens is 4. The van der Waals surface area contributed by atoms with Crippen molar-refractivity contribution in [3.63, 3.8) is 0 Å². The van der Waals surface area contributed by atoms with Gasteiger partial charge in [0.15, 0.2) is 23.3 Å². The Balaban J connectivity index is 1.65. The smallest absolute Gasteiger partial charge is 0.247 e. The van der Waals surface area contributed by atoms with Crippen molar-refractivity contribution in [2.24, 2.45) is 0 Å². The fraction of sp³-hybridized carbons (Fsp3) is 0. The number of aromatic nitrogens is 3. The molecule has 8 heteroatoms. The summed E-state index contributed by atoms with van der Waals surface area (Å²) in [6.07, 6.45) is 0. The first-order chi connectivity index (χ1) is 23.5. The summed E-state index contributed by atoms with van der Waals surface area (Å²) in [7, 11) is 0. The van der Waals surface area contributed by atoms with Gasteiger partial charge in [0, 0.05) is 32.8 Å². The molecule has 0 N–H and O–H groups in total. The van der Waals surface area contributed by atoms with Crippen LogP contribution >= 0.6 is 0 Å². The molecule has 0 aliphatic rings. The predicted molar refractivity (Wildman–Crippen MR) is 180 cm³/mol. The van der Waals surface area contributed by atoms with Gasteiger partial charge in [-0.1, -0.05) is 109 Å². The minimum absolute atomic E-state index is 0.181. The molecule has 2 aromatic heterocycles. The van der Waals surface area contributed by atoms with Crippen LogP contribution in [0.3, 0.4) is 0 Å². The van der Waals surface area contributed by atoms with Gasteiger partial charge in [0.1, 0.15) is 0 Å². The predicted octanol–water partition coefficient (Wildman–Crippen LogP) is 11.1. The Morgan fingerprint density at radius 1 is 0.479 bits per heavy atom. The molecule has 0 atom stereocenters. The minimum atomic E-state index is -1.78. The number of hydrogen-bond acceptors (Lipinski definition) is 3. The van der Waals surface area contributed by atoms with Crippen molar-refractivity contribution in [2.45, 2.75) is 0 Å². The lowest BCUT2D eigenvalue weighted by Gasteiger charge is -2.19. The summed E-state index contributed by atoms with van der Waals surface area (Å²) in [5, 5.41) is 1.27. The van der Waals surface area contributed by atoms with Crippen LogP contribution in [0, 0.1) is 29.8 Å². The SMILES string of the molecule is [C-]#[N+]c1c(F)c(F)c(-c2cc3nc(-c4ccccc4)c(-c4ccccc4)nc3c3c2c(-c2ccccc2)nc2ccccc23)c(F)c1F. The van der Waals surface area contributed by atoms with Crippen LogP contribution in [0.5, 0.6) is 0 Å². The average Bonchev–Trinajstić information content (AvgIpc) is 3.14. The molecule has 0 spiro atoms. The Morgan fingerprint density at radius 2 is 0.958 bits per heavy atom. The molecule has 0 bridgehead atoms. The van der Waals surface area contributed by atoms with E-state index in [0.717, 1.165) is 11.1 Å². The summed E-state index contributed by atoms with van der Waals surface area (Å²) >= 11 is 0. The molecule has 0 amide bonds. The molecule has 228 valence electrons. The largest absolute Gasteiger partial charge is 0.262 e. The number of benzene rings is 6. The van der Waals surface area contributed by atoms with Crippen LogP contribution in [0.2, 0.25) is 0 Å². The van der Waals surface area contributed by atoms with Crippen LogP contribution in [0.1, 0.15) is 0 Å². The first-order valence-electron chi connectivity index (χ1n) is 14.9. The van der Waals surface area contributed by atoms with E-state index in [-0.39, 0.29) is 16.5 Å². The fourth-order valence-electron chi connectivity index (χ4n) is 6.21. The van der Waals surface area contributed by atoms with Gasteiger partial charge in [-0.25, -0.2) is 37.4 Å². The van der Waals surface area contributed by atoms with Crippen molar-refractivity contribution in [1.29, 1.82) is 0 Å². The van der Waals surface area contributed by atoms with Gasteiger partial charge in [-0.15, -0.1) is 0 Å². The number of pyridine rings is 1. The summed E-state index contributed by atoms with van der Waals surface area (Å²) in [6.45, 7) is 7.15. The lowest BCUT2D eigenvalue weighted by molar-refractivity contribution is 0.465. The van der Waals surface area contributed by atoms with E-state index in [4.69, 9.17) is 21.5 Å². The first-order valence-corrected chi connectivity index (χ1v) is 14.9. The Labute approximate surface area is 271 Å². The van der Waals surface area contributed by atoms with E-state index in [1.54, 1.807) is 30.3 Å². The number of hydrogen-bond donors (Lipinski definition) is 0. The van der Waals surface area contributed by atoms with Crippen LogP contribution in [0.25, 0.3) is 82.5 Å². The Bertz CT molecular complexity index is 2570. The highest BCUT2D eigenvalue weighted by atomic mass is 19.2. The summed E-state index contributed by atoms with van der Waals surface area (Å²) in [6, 6.07) is 36.5. The standard InChI is InChI=1S/C40H20F4N4/c1-45-40-34(43)32(41)31(33(42)35(40)44)26-21-28-39(48-38(24-17-9-4-10-18-24)37(47-28)23-15-7-3-8-16-23)29-25-19-11-12-20-27(25)46-36(30(26)29)22-13-5-2-6-14-22/h2-21H. The maximum Gasteiger partial charge on any atom is 0.262 e. The zero-order chi connectivity index (χ0) is 32.9. The molecule has 2 heterocycles. The zero-order valence-corrected chi connectivity index (χ0v) is 24.8. The molecule has 0 aliphatic heterocycles. The molecule has 0 saturated heterocycles. The van der Waals surface area contributed by atoms with E-state index in [9.17, 15) is 0 Å². The summed E-state index contributed by atoms with van der Waals surface area (Å²) in [5.74, 6) is -6.94. The molecule has 4 nitrogen and oxygen atoms in total. The maximum atomic E-state index is 16.0. The third-order valence-corrected chi connectivity index (χ3v) is 8.37. The van der Waals surface area contributed by atoms with Gasteiger partial charge in [-0.2, -0.15) is 0 Å². The van der Waals surface area contributed by atoms with Gasteiger partial charge in [-0.3, -0.25) is 0 Å². The number of para-hydroxylation sites is 1. The van der Waals surface area contributed by atoms with Crippen molar-refractivity contribution >= 4 is 38.4 Å². The molecule has 6 aromatic carbocycles. The molecule has 0 unspecified atom stereocenters. The van der Waals surface area contributed by atoms with E-state index in [0.29, 0.717) is 44.5 Å². The Hall–Kier alpha value is -6.46. The van der Waals surface area contributed by atoms with Crippen LogP contribution in [-0.4, -0.2) is 15.0 Å². The molecule has 8 rings (SSSR count). The van der Waals surface area contributed by atoms with Crippen LogP contribution in [-0.2, 0) is 0 Å². The van der Waals surface area contributed by atoms with Gasteiger partial charge >= 0.3 is 0 Å².